The molecule has 0 aromatic rings. The van der Waals surface area contributed by atoms with E-state index in [1.807, 2.05) is 0 Å². The molecule has 0 aromatic heterocycles. The van der Waals surface area contributed by atoms with Crippen molar-refractivity contribution in [2.24, 2.45) is 0 Å². The fourth-order valence-electron chi connectivity index (χ4n) is 2.38. The van der Waals surface area contributed by atoms with Crippen molar-refractivity contribution < 1.29 is 0 Å². The van der Waals surface area contributed by atoms with Crippen LogP contribution < -0.4 is 0 Å². The first-order valence-electron chi connectivity index (χ1n) is 7.74. The Morgan fingerprint density at radius 1 is 0.706 bits per heavy atom. The summed E-state index contributed by atoms with van der Waals surface area (Å²) in [5, 5.41) is 0. The summed E-state index contributed by atoms with van der Waals surface area (Å²) in [6.07, 6.45) is 9.41. The molecule has 17 heavy (non-hydrogen) atoms. The van der Waals surface area contributed by atoms with E-state index in [0.29, 0.717) is 0 Å². The van der Waals surface area contributed by atoms with Gasteiger partial charge >= 0.3 is 114 Å². The number of rotatable bonds is 9. The second-order valence-corrected chi connectivity index (χ2v) is 17.5. The van der Waals surface area contributed by atoms with Crippen molar-refractivity contribution in [3.8, 4) is 9.86 Å². The molecule has 0 radical (unpaired) electrons. The molecule has 0 atom stereocenters. The molecular weight excluding hydrogens is 311 g/mol. The van der Waals surface area contributed by atoms with Crippen LogP contribution in [0.25, 0.3) is 0 Å². The Morgan fingerprint density at radius 2 is 1.12 bits per heavy atom. The van der Waals surface area contributed by atoms with E-state index in [9.17, 15) is 0 Å². The molecule has 0 bridgehead atoms. The van der Waals surface area contributed by atoms with Gasteiger partial charge in [0.15, 0.2) is 0 Å². The summed E-state index contributed by atoms with van der Waals surface area (Å²) in [7, 11) is 0. The van der Waals surface area contributed by atoms with Crippen molar-refractivity contribution in [3.05, 3.63) is 0 Å². The first-order valence-corrected chi connectivity index (χ1v) is 15.2. The standard InChI is InChI=1S/3C4H9.C4H5.Sn/c4*1-3-4-2;/h3*1,3-4H2,2H3;3H2,1H3;. The van der Waals surface area contributed by atoms with Crippen LogP contribution in [0.15, 0.2) is 0 Å². The van der Waals surface area contributed by atoms with E-state index in [1.54, 1.807) is 0 Å². The van der Waals surface area contributed by atoms with Gasteiger partial charge in [-0.3, -0.25) is 0 Å². The predicted molar refractivity (Wildman–Crippen MR) is 83.0 cm³/mol. The van der Waals surface area contributed by atoms with Crippen LogP contribution in [0.5, 0.6) is 0 Å². The third kappa shape index (κ3) is 8.14. The first-order chi connectivity index (χ1) is 8.24. The number of hydrogen-bond donors (Lipinski definition) is 0. The fourth-order valence-corrected chi connectivity index (χ4v) is 16.0. The molecule has 100 valence electrons. The van der Waals surface area contributed by atoms with Crippen LogP contribution in [-0.2, 0) is 0 Å². The molecule has 0 heterocycles. The molecule has 0 saturated heterocycles. The third-order valence-electron chi connectivity index (χ3n) is 3.56. The Bertz CT molecular complexity index is 200. The van der Waals surface area contributed by atoms with E-state index >= 15 is 0 Å². The van der Waals surface area contributed by atoms with Crippen LogP contribution in [0.3, 0.4) is 0 Å². The van der Waals surface area contributed by atoms with Gasteiger partial charge < -0.3 is 0 Å². The second kappa shape index (κ2) is 11.4. The molecule has 0 nitrogen and oxygen atoms in total. The predicted octanol–water partition coefficient (Wildman–Crippen LogP) is 5.79. The van der Waals surface area contributed by atoms with Gasteiger partial charge in [0.25, 0.3) is 0 Å². The van der Waals surface area contributed by atoms with Crippen LogP contribution in [-0.4, -0.2) is 18.4 Å². The summed E-state index contributed by atoms with van der Waals surface area (Å²) in [6.45, 7) is 9.17. The van der Waals surface area contributed by atoms with E-state index in [1.165, 1.54) is 51.8 Å². The van der Waals surface area contributed by atoms with Gasteiger partial charge in [-0.1, -0.05) is 0 Å². The van der Waals surface area contributed by atoms with E-state index in [-0.39, 0.29) is 0 Å². The average molecular weight is 343 g/mol. The van der Waals surface area contributed by atoms with Crippen LogP contribution in [0.1, 0.15) is 72.6 Å². The van der Waals surface area contributed by atoms with Gasteiger partial charge in [0.2, 0.25) is 0 Å². The van der Waals surface area contributed by atoms with Crippen LogP contribution in [0.2, 0.25) is 13.3 Å². The zero-order chi connectivity index (χ0) is 13.0. The summed E-state index contributed by atoms with van der Waals surface area (Å²) in [5.74, 6) is 3.46. The maximum absolute atomic E-state index is 3.85. The third-order valence-corrected chi connectivity index (χ3v) is 16.8. The zero-order valence-corrected chi connectivity index (χ0v) is 15.4. The minimum atomic E-state index is -2.05. The van der Waals surface area contributed by atoms with Crippen LogP contribution in [0.4, 0.5) is 0 Å². The monoisotopic (exact) mass is 344 g/mol. The Balaban J connectivity index is 4.63. The van der Waals surface area contributed by atoms with Crippen molar-refractivity contribution in [3.63, 3.8) is 0 Å². The fraction of sp³-hybridized carbons (Fsp3) is 0.875. The van der Waals surface area contributed by atoms with E-state index < -0.39 is 18.4 Å². The van der Waals surface area contributed by atoms with Crippen LogP contribution >= 0.6 is 0 Å². The summed E-state index contributed by atoms with van der Waals surface area (Å²) < 4.78 is 8.43. The Morgan fingerprint density at radius 3 is 1.41 bits per heavy atom. The molecule has 0 aliphatic carbocycles. The number of hydrogen-bond acceptors (Lipinski definition) is 0. The molecular formula is C16H32Sn. The average Bonchev–Trinajstić information content (AvgIpc) is 2.37. The van der Waals surface area contributed by atoms with Gasteiger partial charge in [-0.15, -0.1) is 0 Å². The molecule has 0 saturated carbocycles. The van der Waals surface area contributed by atoms with Gasteiger partial charge in [-0.2, -0.15) is 0 Å². The molecule has 0 aromatic carbocycles. The molecule has 1 heteroatoms. The first kappa shape index (κ1) is 17.4. The van der Waals surface area contributed by atoms with Crippen molar-refractivity contribution in [1.82, 2.24) is 0 Å². The van der Waals surface area contributed by atoms with Gasteiger partial charge in [0.1, 0.15) is 0 Å². The summed E-state index contributed by atoms with van der Waals surface area (Å²) in [6, 6.07) is 0. The van der Waals surface area contributed by atoms with E-state index in [4.69, 9.17) is 0 Å². The van der Waals surface area contributed by atoms with Crippen molar-refractivity contribution >= 4 is 18.4 Å². The second-order valence-electron chi connectivity index (χ2n) is 5.25. The summed E-state index contributed by atoms with van der Waals surface area (Å²) in [5.41, 5.74) is 0. The topological polar surface area (TPSA) is 0 Å². The van der Waals surface area contributed by atoms with Crippen molar-refractivity contribution in [2.75, 3.05) is 0 Å². The molecule has 0 unspecified atom stereocenters. The molecule has 0 rings (SSSR count). The van der Waals surface area contributed by atoms with E-state index in [2.05, 4.69) is 37.6 Å². The summed E-state index contributed by atoms with van der Waals surface area (Å²) >= 11 is -2.05. The molecule has 0 aliphatic heterocycles. The van der Waals surface area contributed by atoms with Gasteiger partial charge in [-0.05, 0) is 0 Å². The SMILES string of the molecule is CCC#[C][Sn]([CH2]CCC)([CH2]CCC)[CH2]CCC. The Kier molecular flexibility index (Phi) is 11.7. The zero-order valence-electron chi connectivity index (χ0n) is 12.6. The Hall–Kier alpha value is 0.359. The van der Waals surface area contributed by atoms with Gasteiger partial charge in [0, 0.05) is 0 Å². The molecule has 0 fully saturated rings. The molecule has 0 spiro atoms. The van der Waals surface area contributed by atoms with Gasteiger partial charge in [0.05, 0.1) is 0 Å². The molecule has 0 N–H and O–H groups in total. The van der Waals surface area contributed by atoms with Crippen molar-refractivity contribution in [1.29, 1.82) is 0 Å². The van der Waals surface area contributed by atoms with E-state index in [0.717, 1.165) is 6.42 Å². The maximum atomic E-state index is 3.85. The molecule has 0 amide bonds. The minimum absolute atomic E-state index is 1.06. The van der Waals surface area contributed by atoms with Gasteiger partial charge in [-0.25, -0.2) is 0 Å². The number of unbranched alkanes of at least 4 members (excludes halogenated alkanes) is 3. The summed E-state index contributed by atoms with van der Waals surface area (Å²) in [4.78, 5) is 0. The van der Waals surface area contributed by atoms with Crippen molar-refractivity contribution in [2.45, 2.75) is 86.0 Å². The Labute approximate surface area is 114 Å². The quantitative estimate of drug-likeness (QED) is 0.367. The van der Waals surface area contributed by atoms with Crippen LogP contribution in [0, 0.1) is 9.86 Å². The normalized spacial score (nSPS) is 11.1. The molecule has 0 aliphatic rings.